The van der Waals surface area contributed by atoms with Crippen molar-refractivity contribution in [1.29, 1.82) is 0 Å². The van der Waals surface area contributed by atoms with Gasteiger partial charge in [-0.15, -0.1) is 0 Å². The molecule has 4 unspecified atom stereocenters. The van der Waals surface area contributed by atoms with Crippen molar-refractivity contribution in [3.05, 3.63) is 0 Å². The first-order valence-electron chi connectivity index (χ1n) is 9.43. The third kappa shape index (κ3) is 6.95. The summed E-state index contributed by atoms with van der Waals surface area (Å²) in [6.45, 7) is 2.35. The molecule has 7 N–H and O–H groups in total. The molecule has 10 nitrogen and oxygen atoms in total. The molecule has 11 heteroatoms. The van der Waals surface area contributed by atoms with Crippen LogP contribution in [-0.4, -0.2) is 76.7 Å². The van der Waals surface area contributed by atoms with E-state index in [9.17, 15) is 19.2 Å². The van der Waals surface area contributed by atoms with Gasteiger partial charge in [0, 0.05) is 12.3 Å². The van der Waals surface area contributed by atoms with Gasteiger partial charge in [-0.2, -0.15) is 12.6 Å². The van der Waals surface area contributed by atoms with Gasteiger partial charge in [-0.1, -0.05) is 0 Å². The Bertz CT molecular complexity index is 574. The van der Waals surface area contributed by atoms with Crippen LogP contribution in [0.4, 0.5) is 0 Å². The van der Waals surface area contributed by atoms with Crippen LogP contribution in [0.1, 0.15) is 39.0 Å². The van der Waals surface area contributed by atoms with Gasteiger partial charge in [0.15, 0.2) is 0 Å². The first-order valence-corrected chi connectivity index (χ1v) is 10.1. The normalized spacial score (nSPS) is 19.6. The van der Waals surface area contributed by atoms with E-state index >= 15 is 0 Å². The first-order chi connectivity index (χ1) is 13.2. The van der Waals surface area contributed by atoms with Gasteiger partial charge in [-0.25, -0.2) is 4.79 Å². The topological polar surface area (TPSA) is 168 Å². The molecule has 0 radical (unpaired) electrons. The fourth-order valence-corrected chi connectivity index (χ4v) is 3.26. The number of nitrogens with one attached hydrogen (secondary N) is 2. The predicted molar refractivity (Wildman–Crippen MR) is 107 cm³/mol. The average molecular weight is 418 g/mol. The molecular weight excluding hydrogens is 386 g/mol. The molecule has 0 aliphatic carbocycles. The highest BCUT2D eigenvalue weighted by atomic mass is 32.1. The Balaban J connectivity index is 2.87. The number of nitrogens with zero attached hydrogens (tertiary/aromatic N) is 1. The number of carbonyl (C=O) groups excluding carboxylic acids is 3. The standard InChI is InChI=1S/C17H31N5O5S/c1-10(19)14(23)20-11(5-2-3-7-18)16(25)22-8-4-6-13(22)15(24)21-12(9-28)17(26)27/h10-13,28H,2-9,18-19H2,1H3,(H,20,23)(H,21,24)(H,26,27). The number of carbonyl (C=O) groups is 4. The van der Waals surface area contributed by atoms with Crippen LogP contribution < -0.4 is 22.1 Å². The minimum Gasteiger partial charge on any atom is -0.480 e. The summed E-state index contributed by atoms with van der Waals surface area (Å²) in [6.07, 6.45) is 2.75. The summed E-state index contributed by atoms with van der Waals surface area (Å²) >= 11 is 3.93. The number of rotatable bonds is 11. The third-order valence-corrected chi connectivity index (χ3v) is 4.98. The Hall–Kier alpha value is -1.85. The van der Waals surface area contributed by atoms with Gasteiger partial charge < -0.3 is 32.1 Å². The molecule has 1 rings (SSSR count). The number of aliphatic carboxylic acids is 1. The lowest BCUT2D eigenvalue weighted by Crippen LogP contribution is -2.56. The Morgan fingerprint density at radius 3 is 2.43 bits per heavy atom. The number of hydrogen-bond donors (Lipinski definition) is 6. The summed E-state index contributed by atoms with van der Waals surface area (Å²) in [5.74, 6) is -2.61. The van der Waals surface area contributed by atoms with Crippen molar-refractivity contribution < 1.29 is 24.3 Å². The lowest BCUT2D eigenvalue weighted by Gasteiger charge is -2.29. The molecule has 1 saturated heterocycles. The Morgan fingerprint density at radius 2 is 1.89 bits per heavy atom. The smallest absolute Gasteiger partial charge is 0.327 e. The van der Waals surface area contributed by atoms with Gasteiger partial charge in [0.2, 0.25) is 17.7 Å². The maximum atomic E-state index is 13.0. The number of unbranched alkanes of at least 4 members (excludes halogenated alkanes) is 1. The average Bonchev–Trinajstić information content (AvgIpc) is 3.14. The van der Waals surface area contributed by atoms with E-state index in [1.807, 2.05) is 0 Å². The second kappa shape index (κ2) is 11.9. The Kier molecular flexibility index (Phi) is 10.3. The second-order valence-corrected chi connectivity index (χ2v) is 7.27. The molecule has 0 aromatic rings. The predicted octanol–water partition coefficient (Wildman–Crippen LogP) is -1.56. The van der Waals surface area contributed by atoms with Crippen LogP contribution in [0.15, 0.2) is 0 Å². The fourth-order valence-electron chi connectivity index (χ4n) is 3.01. The van der Waals surface area contributed by atoms with Gasteiger partial charge >= 0.3 is 5.97 Å². The molecule has 0 aromatic heterocycles. The van der Waals surface area contributed by atoms with Crippen LogP contribution in [0.5, 0.6) is 0 Å². The SMILES string of the molecule is CC(N)C(=O)NC(CCCCN)C(=O)N1CCCC1C(=O)NC(CS)C(=O)O. The molecule has 3 amide bonds. The molecule has 160 valence electrons. The quantitative estimate of drug-likeness (QED) is 0.174. The highest BCUT2D eigenvalue weighted by Crippen LogP contribution is 2.20. The molecule has 0 spiro atoms. The highest BCUT2D eigenvalue weighted by molar-refractivity contribution is 7.80. The number of thiol groups is 1. The lowest BCUT2D eigenvalue weighted by molar-refractivity contribution is -0.144. The molecular formula is C17H31N5O5S. The molecule has 1 aliphatic heterocycles. The molecule has 0 aromatic carbocycles. The van der Waals surface area contributed by atoms with Crippen LogP contribution in [0.25, 0.3) is 0 Å². The highest BCUT2D eigenvalue weighted by Gasteiger charge is 2.38. The minimum absolute atomic E-state index is 0.0616. The van der Waals surface area contributed by atoms with E-state index in [0.29, 0.717) is 45.2 Å². The third-order valence-electron chi connectivity index (χ3n) is 4.61. The Labute approximate surface area is 170 Å². The van der Waals surface area contributed by atoms with Crippen LogP contribution in [0, 0.1) is 0 Å². The zero-order valence-corrected chi connectivity index (χ0v) is 17.0. The van der Waals surface area contributed by atoms with Crippen LogP contribution in [-0.2, 0) is 19.2 Å². The van der Waals surface area contributed by atoms with E-state index in [0.717, 1.165) is 0 Å². The van der Waals surface area contributed by atoms with Crippen LogP contribution >= 0.6 is 12.6 Å². The monoisotopic (exact) mass is 417 g/mol. The van der Waals surface area contributed by atoms with Crippen molar-refractivity contribution in [2.24, 2.45) is 11.5 Å². The van der Waals surface area contributed by atoms with Crippen molar-refractivity contribution in [3.8, 4) is 0 Å². The minimum atomic E-state index is -1.19. The van der Waals surface area contributed by atoms with E-state index in [2.05, 4.69) is 23.3 Å². The number of hydrogen-bond acceptors (Lipinski definition) is 7. The summed E-state index contributed by atoms with van der Waals surface area (Å²) in [6, 6.07) is -3.49. The van der Waals surface area contributed by atoms with E-state index in [1.165, 1.54) is 11.8 Å². The number of carboxylic acid groups (broad SMARTS) is 1. The molecule has 0 bridgehead atoms. The van der Waals surface area contributed by atoms with Crippen molar-refractivity contribution in [1.82, 2.24) is 15.5 Å². The van der Waals surface area contributed by atoms with Crippen molar-refractivity contribution in [2.45, 2.75) is 63.2 Å². The number of carboxylic acids is 1. The van der Waals surface area contributed by atoms with Gasteiger partial charge in [-0.3, -0.25) is 14.4 Å². The van der Waals surface area contributed by atoms with E-state index in [4.69, 9.17) is 16.6 Å². The van der Waals surface area contributed by atoms with Gasteiger partial charge in [0.05, 0.1) is 6.04 Å². The summed E-state index contributed by atoms with van der Waals surface area (Å²) in [7, 11) is 0. The molecule has 1 heterocycles. The summed E-state index contributed by atoms with van der Waals surface area (Å²) in [5, 5.41) is 14.1. The second-order valence-electron chi connectivity index (χ2n) is 6.91. The largest absolute Gasteiger partial charge is 0.480 e. The molecule has 4 atom stereocenters. The fraction of sp³-hybridized carbons (Fsp3) is 0.765. The summed E-state index contributed by atoms with van der Waals surface area (Å²) in [4.78, 5) is 50.1. The lowest BCUT2D eigenvalue weighted by atomic mass is 10.1. The van der Waals surface area contributed by atoms with Gasteiger partial charge in [0.25, 0.3) is 0 Å². The van der Waals surface area contributed by atoms with Crippen LogP contribution in [0.2, 0.25) is 0 Å². The maximum Gasteiger partial charge on any atom is 0.327 e. The number of nitrogens with two attached hydrogens (primary N) is 2. The maximum absolute atomic E-state index is 13.0. The van der Waals surface area contributed by atoms with Gasteiger partial charge in [0.1, 0.15) is 18.1 Å². The van der Waals surface area contributed by atoms with Crippen molar-refractivity contribution >= 4 is 36.3 Å². The van der Waals surface area contributed by atoms with Crippen LogP contribution in [0.3, 0.4) is 0 Å². The Morgan fingerprint density at radius 1 is 1.21 bits per heavy atom. The number of amides is 3. The molecule has 28 heavy (non-hydrogen) atoms. The van der Waals surface area contributed by atoms with Crippen molar-refractivity contribution in [2.75, 3.05) is 18.8 Å². The van der Waals surface area contributed by atoms with E-state index in [1.54, 1.807) is 0 Å². The summed E-state index contributed by atoms with van der Waals surface area (Å²) in [5.41, 5.74) is 11.1. The zero-order chi connectivity index (χ0) is 21.3. The summed E-state index contributed by atoms with van der Waals surface area (Å²) < 4.78 is 0. The van der Waals surface area contributed by atoms with Gasteiger partial charge in [-0.05, 0) is 45.6 Å². The van der Waals surface area contributed by atoms with E-state index < -0.39 is 42.0 Å². The molecule has 0 saturated carbocycles. The molecule has 1 aliphatic rings. The van der Waals surface area contributed by atoms with Crippen molar-refractivity contribution in [3.63, 3.8) is 0 Å². The number of likely N-dealkylation sites (tertiary alicyclic amines) is 1. The first kappa shape index (κ1) is 24.2. The van der Waals surface area contributed by atoms with E-state index in [-0.39, 0.29) is 11.7 Å². The molecule has 1 fully saturated rings. The zero-order valence-electron chi connectivity index (χ0n) is 16.1.